The maximum atomic E-state index is 13.0. The number of benzene rings is 3. The Hall–Kier alpha value is -3.32. The molecule has 2 N–H and O–H groups in total. The first-order valence-corrected chi connectivity index (χ1v) is 11.3. The summed E-state index contributed by atoms with van der Waals surface area (Å²) in [6.07, 6.45) is 0. The van der Waals surface area contributed by atoms with E-state index < -0.39 is 10.0 Å². The molecule has 3 rings (SSSR count). The molecule has 6 nitrogen and oxygen atoms in total. The van der Waals surface area contributed by atoms with Crippen LogP contribution in [-0.2, 0) is 10.0 Å². The molecule has 0 bridgehead atoms. The van der Waals surface area contributed by atoms with Gasteiger partial charge in [0, 0.05) is 11.1 Å². The Kier molecular flexibility index (Phi) is 6.65. The highest BCUT2D eigenvalue weighted by Gasteiger charge is 2.21. The lowest BCUT2D eigenvalue weighted by Crippen LogP contribution is -2.27. The minimum atomic E-state index is -3.86. The molecule has 0 saturated carbocycles. The quantitative estimate of drug-likeness (QED) is 0.564. The van der Waals surface area contributed by atoms with Crippen LogP contribution in [0, 0.1) is 13.8 Å². The summed E-state index contributed by atoms with van der Waals surface area (Å²) < 4.78 is 34.0. The standard InChI is InChI=1S/C24H26N2O4S/c1-16-9-5-7-11-21(16)26-31(28,29)23-15-19(14-13-17(23)2)24(27)25-18(3)20-10-6-8-12-22(20)30-4/h5-15,18,26H,1-4H3,(H,25,27)/t18-/m1/s1. The highest BCUT2D eigenvalue weighted by Crippen LogP contribution is 2.26. The zero-order chi connectivity index (χ0) is 22.6. The molecular weight excluding hydrogens is 412 g/mol. The number of amides is 1. The second-order valence-corrected chi connectivity index (χ2v) is 8.99. The molecule has 0 fully saturated rings. The molecule has 0 unspecified atom stereocenters. The zero-order valence-electron chi connectivity index (χ0n) is 18.0. The van der Waals surface area contributed by atoms with Gasteiger partial charge in [0.15, 0.2) is 0 Å². The number of nitrogens with one attached hydrogen (secondary N) is 2. The Morgan fingerprint density at radius 2 is 1.61 bits per heavy atom. The van der Waals surface area contributed by atoms with Gasteiger partial charge in [-0.1, -0.05) is 42.5 Å². The Morgan fingerprint density at radius 1 is 0.935 bits per heavy atom. The Balaban J connectivity index is 1.86. The molecule has 0 spiro atoms. The molecule has 31 heavy (non-hydrogen) atoms. The lowest BCUT2D eigenvalue weighted by atomic mass is 10.1. The van der Waals surface area contributed by atoms with Crippen molar-refractivity contribution in [2.45, 2.75) is 31.7 Å². The van der Waals surface area contributed by atoms with Crippen LogP contribution in [0.5, 0.6) is 5.75 Å². The third kappa shape index (κ3) is 5.06. The van der Waals surface area contributed by atoms with Crippen LogP contribution in [0.1, 0.15) is 40.0 Å². The number of aryl methyl sites for hydroxylation is 2. The van der Waals surface area contributed by atoms with Crippen LogP contribution in [0.15, 0.2) is 71.6 Å². The van der Waals surface area contributed by atoms with Crippen molar-refractivity contribution in [3.05, 3.63) is 89.0 Å². The monoisotopic (exact) mass is 438 g/mol. The summed E-state index contributed by atoms with van der Waals surface area (Å²) in [4.78, 5) is 12.9. The maximum absolute atomic E-state index is 13.0. The van der Waals surface area contributed by atoms with Crippen LogP contribution in [0.25, 0.3) is 0 Å². The van der Waals surface area contributed by atoms with Gasteiger partial charge in [0.1, 0.15) is 5.75 Å². The number of rotatable bonds is 7. The van der Waals surface area contributed by atoms with Crippen molar-refractivity contribution in [3.63, 3.8) is 0 Å². The molecule has 0 heterocycles. The molecule has 3 aromatic rings. The van der Waals surface area contributed by atoms with Gasteiger partial charge in [-0.05, 0) is 56.2 Å². The zero-order valence-corrected chi connectivity index (χ0v) is 18.8. The second-order valence-electron chi connectivity index (χ2n) is 7.34. The van der Waals surface area contributed by atoms with Gasteiger partial charge in [-0.15, -0.1) is 0 Å². The summed E-state index contributed by atoms with van der Waals surface area (Å²) in [5.41, 5.74) is 2.96. The van der Waals surface area contributed by atoms with Gasteiger partial charge in [0.05, 0.1) is 23.7 Å². The topological polar surface area (TPSA) is 84.5 Å². The molecule has 7 heteroatoms. The molecule has 162 valence electrons. The lowest BCUT2D eigenvalue weighted by Gasteiger charge is -2.18. The first-order valence-electron chi connectivity index (χ1n) is 9.86. The molecule has 0 aliphatic heterocycles. The second kappa shape index (κ2) is 9.22. The van der Waals surface area contributed by atoms with Crippen LogP contribution in [0.2, 0.25) is 0 Å². The van der Waals surface area contributed by atoms with E-state index in [1.807, 2.05) is 50.2 Å². The number of hydrogen-bond acceptors (Lipinski definition) is 4. The summed E-state index contributed by atoms with van der Waals surface area (Å²) in [6, 6.07) is 18.9. The Bertz CT molecular complexity index is 1210. The smallest absolute Gasteiger partial charge is 0.262 e. The van der Waals surface area contributed by atoms with Crippen molar-refractivity contribution in [1.29, 1.82) is 0 Å². The van der Waals surface area contributed by atoms with E-state index in [2.05, 4.69) is 10.0 Å². The van der Waals surface area contributed by atoms with E-state index in [1.165, 1.54) is 6.07 Å². The van der Waals surface area contributed by atoms with E-state index in [1.54, 1.807) is 38.3 Å². The highest BCUT2D eigenvalue weighted by molar-refractivity contribution is 7.92. The van der Waals surface area contributed by atoms with Gasteiger partial charge in [-0.3, -0.25) is 9.52 Å². The van der Waals surface area contributed by atoms with Crippen molar-refractivity contribution in [2.75, 3.05) is 11.8 Å². The number of ether oxygens (including phenoxy) is 1. The Labute approximate surface area is 183 Å². The summed E-state index contributed by atoms with van der Waals surface area (Å²) >= 11 is 0. The molecule has 1 atom stereocenters. The summed E-state index contributed by atoms with van der Waals surface area (Å²) in [5, 5.41) is 2.91. The van der Waals surface area contributed by atoms with Crippen molar-refractivity contribution in [3.8, 4) is 5.75 Å². The van der Waals surface area contributed by atoms with E-state index >= 15 is 0 Å². The fourth-order valence-electron chi connectivity index (χ4n) is 3.30. The van der Waals surface area contributed by atoms with E-state index in [4.69, 9.17) is 4.74 Å². The molecule has 0 aromatic heterocycles. The average Bonchev–Trinajstić information content (AvgIpc) is 2.75. The van der Waals surface area contributed by atoms with Crippen molar-refractivity contribution >= 4 is 21.6 Å². The van der Waals surface area contributed by atoms with E-state index in [0.717, 1.165) is 11.1 Å². The van der Waals surface area contributed by atoms with E-state index in [-0.39, 0.29) is 22.4 Å². The van der Waals surface area contributed by atoms with Crippen LogP contribution in [-0.4, -0.2) is 21.4 Å². The normalized spacial score (nSPS) is 12.1. The molecule has 0 saturated heterocycles. The van der Waals surface area contributed by atoms with Gasteiger partial charge in [-0.2, -0.15) is 0 Å². The summed E-state index contributed by atoms with van der Waals surface area (Å²) in [6.45, 7) is 5.38. The predicted octanol–water partition coefficient (Wildman–Crippen LogP) is 4.60. The lowest BCUT2D eigenvalue weighted by molar-refractivity contribution is 0.0939. The first kappa shape index (κ1) is 22.4. The van der Waals surface area contributed by atoms with Gasteiger partial charge in [0.2, 0.25) is 0 Å². The Morgan fingerprint density at radius 3 is 2.32 bits per heavy atom. The number of carbonyl (C=O) groups excluding carboxylic acids is 1. The number of hydrogen-bond donors (Lipinski definition) is 2. The number of methoxy groups -OCH3 is 1. The molecule has 0 aliphatic rings. The van der Waals surface area contributed by atoms with Gasteiger partial charge >= 0.3 is 0 Å². The fraction of sp³-hybridized carbons (Fsp3) is 0.208. The van der Waals surface area contributed by atoms with Crippen LogP contribution < -0.4 is 14.8 Å². The van der Waals surface area contributed by atoms with Gasteiger partial charge < -0.3 is 10.1 Å². The third-order valence-corrected chi connectivity index (χ3v) is 6.59. The molecule has 3 aromatic carbocycles. The molecule has 0 aliphatic carbocycles. The van der Waals surface area contributed by atoms with E-state index in [0.29, 0.717) is 17.0 Å². The minimum Gasteiger partial charge on any atom is -0.496 e. The minimum absolute atomic E-state index is 0.0633. The largest absolute Gasteiger partial charge is 0.496 e. The van der Waals surface area contributed by atoms with Crippen LogP contribution >= 0.6 is 0 Å². The average molecular weight is 439 g/mol. The maximum Gasteiger partial charge on any atom is 0.262 e. The fourth-order valence-corrected chi connectivity index (χ4v) is 4.70. The highest BCUT2D eigenvalue weighted by atomic mass is 32.2. The van der Waals surface area contributed by atoms with Gasteiger partial charge in [0.25, 0.3) is 15.9 Å². The number of sulfonamides is 1. The van der Waals surface area contributed by atoms with Crippen LogP contribution in [0.3, 0.4) is 0 Å². The first-order chi connectivity index (χ1) is 14.7. The summed E-state index contributed by atoms with van der Waals surface area (Å²) in [7, 11) is -2.29. The number of carbonyl (C=O) groups is 1. The third-order valence-electron chi connectivity index (χ3n) is 5.08. The van der Waals surface area contributed by atoms with E-state index in [9.17, 15) is 13.2 Å². The molecule has 0 radical (unpaired) electrons. The molecule has 1 amide bonds. The van der Waals surface area contributed by atoms with Crippen LogP contribution in [0.4, 0.5) is 5.69 Å². The molecular formula is C24H26N2O4S. The summed E-state index contributed by atoms with van der Waals surface area (Å²) in [5.74, 6) is 0.302. The number of para-hydroxylation sites is 2. The number of anilines is 1. The van der Waals surface area contributed by atoms with Crippen molar-refractivity contribution in [2.24, 2.45) is 0 Å². The SMILES string of the molecule is COc1ccccc1[C@@H](C)NC(=O)c1ccc(C)c(S(=O)(=O)Nc2ccccc2C)c1. The van der Waals surface area contributed by atoms with Crippen molar-refractivity contribution in [1.82, 2.24) is 5.32 Å². The van der Waals surface area contributed by atoms with Gasteiger partial charge in [-0.25, -0.2) is 8.42 Å². The predicted molar refractivity (Wildman–Crippen MR) is 122 cm³/mol. The van der Waals surface area contributed by atoms with Crippen molar-refractivity contribution < 1.29 is 17.9 Å².